The largest absolute Gasteiger partial charge is 0.507 e. The number of rotatable bonds is 6. The lowest BCUT2D eigenvalue weighted by molar-refractivity contribution is 0.446. The van der Waals surface area contributed by atoms with Gasteiger partial charge in [0.15, 0.2) is 0 Å². The highest BCUT2D eigenvalue weighted by molar-refractivity contribution is 5.98. The Hall–Kier alpha value is -6.26. The molecule has 308 valence electrons. The zero-order valence-electron chi connectivity index (χ0n) is 45.5. The molecule has 0 aliphatic heterocycles. The number of phenols is 1. The molecule has 8 rings (SSSR count). The van der Waals surface area contributed by atoms with Crippen molar-refractivity contribution in [3.63, 3.8) is 0 Å². The van der Waals surface area contributed by atoms with Gasteiger partial charge in [-0.25, -0.2) is 4.98 Å². The minimum atomic E-state index is -3.54. The van der Waals surface area contributed by atoms with E-state index in [2.05, 4.69) is 53.7 Å². The molecule has 2 aromatic heterocycles. The van der Waals surface area contributed by atoms with E-state index in [1.165, 1.54) is 12.1 Å². The number of aryl methyl sites for hydroxylation is 2. The first-order valence-electron chi connectivity index (χ1n) is 25.3. The summed E-state index contributed by atoms with van der Waals surface area (Å²) in [4.78, 5) is 10.4. The molecule has 0 radical (unpaired) electrons. The zero-order valence-corrected chi connectivity index (χ0v) is 36.5. The van der Waals surface area contributed by atoms with Crippen LogP contribution in [0.3, 0.4) is 0 Å². The quantitative estimate of drug-likeness (QED) is 0.182. The Balaban J connectivity index is 1.55. The minimum absolute atomic E-state index is 0.0734. The normalized spacial score (nSPS) is 15.1. The van der Waals surface area contributed by atoms with E-state index in [0.717, 1.165) is 55.8 Å². The number of aromatic nitrogens is 3. The van der Waals surface area contributed by atoms with E-state index in [-0.39, 0.29) is 11.2 Å². The molecule has 0 bridgehead atoms. The molecule has 6 aromatic carbocycles. The molecule has 0 fully saturated rings. The van der Waals surface area contributed by atoms with Crippen molar-refractivity contribution in [3.05, 3.63) is 167 Å². The Morgan fingerprint density at radius 1 is 0.574 bits per heavy atom. The van der Waals surface area contributed by atoms with Crippen molar-refractivity contribution in [1.29, 1.82) is 0 Å². The minimum Gasteiger partial charge on any atom is -0.507 e. The van der Waals surface area contributed by atoms with Gasteiger partial charge in [-0.1, -0.05) is 159 Å². The summed E-state index contributed by atoms with van der Waals surface area (Å²) >= 11 is 0. The molecule has 2 heterocycles. The SMILES string of the molecule is [2H]C([2H])([2H])C(c1cc(-c2ncc(C)c(-c3ccccc3)c2C)cc(-c2cccc3c2nc(-c2cc(C(C)(C)C)cc(C(C)(C)C)c2O)n3-c2ccc(C)cc2-c2ccccc2)c1)(C([2H])([2H])[2H])C([2H])([2H])[2H]. The molecule has 0 saturated heterocycles. The summed E-state index contributed by atoms with van der Waals surface area (Å²) in [6.45, 7) is 7.82. The molecule has 61 heavy (non-hydrogen) atoms. The molecule has 0 aliphatic carbocycles. The third-order valence-electron chi connectivity index (χ3n) is 11.7. The van der Waals surface area contributed by atoms with Gasteiger partial charge in [0.25, 0.3) is 0 Å². The van der Waals surface area contributed by atoms with Crippen molar-refractivity contribution < 1.29 is 17.4 Å². The molecular weight excluding hydrogens is 743 g/mol. The maximum absolute atomic E-state index is 12.5. The van der Waals surface area contributed by atoms with Crippen LogP contribution >= 0.6 is 0 Å². The molecule has 1 N–H and O–H groups in total. The molecule has 0 unspecified atom stereocenters. The Labute approximate surface area is 375 Å². The third kappa shape index (κ3) is 7.81. The summed E-state index contributed by atoms with van der Waals surface area (Å²) < 4.78 is 81.4. The van der Waals surface area contributed by atoms with Crippen LogP contribution in [0.4, 0.5) is 0 Å². The summed E-state index contributed by atoms with van der Waals surface area (Å²) in [7, 11) is 0. The van der Waals surface area contributed by atoms with Gasteiger partial charge in [-0.2, -0.15) is 0 Å². The fourth-order valence-corrected chi connectivity index (χ4v) is 8.47. The molecule has 0 spiro atoms. The highest BCUT2D eigenvalue weighted by Crippen LogP contribution is 2.46. The van der Waals surface area contributed by atoms with Gasteiger partial charge in [-0.05, 0) is 118 Å². The Kier molecular flexibility index (Phi) is 7.94. The first-order valence-corrected chi connectivity index (χ1v) is 20.8. The average Bonchev–Trinajstić information content (AvgIpc) is 3.64. The van der Waals surface area contributed by atoms with Gasteiger partial charge in [0, 0.05) is 40.8 Å². The lowest BCUT2D eigenvalue weighted by Crippen LogP contribution is -2.17. The van der Waals surface area contributed by atoms with Crippen molar-refractivity contribution in [3.8, 4) is 67.5 Å². The van der Waals surface area contributed by atoms with E-state index in [1.54, 1.807) is 12.3 Å². The van der Waals surface area contributed by atoms with Crippen molar-refractivity contribution in [2.75, 3.05) is 0 Å². The number of para-hydroxylation sites is 1. The summed E-state index contributed by atoms with van der Waals surface area (Å²) in [5.74, 6) is 0.503. The summed E-state index contributed by atoms with van der Waals surface area (Å²) in [5, 5.41) is 12.5. The van der Waals surface area contributed by atoms with E-state index in [1.807, 2.05) is 122 Å². The number of hydrogen-bond acceptors (Lipinski definition) is 3. The van der Waals surface area contributed by atoms with E-state index in [9.17, 15) is 5.11 Å². The lowest BCUT2D eigenvalue weighted by Gasteiger charge is -2.27. The molecule has 0 atom stereocenters. The van der Waals surface area contributed by atoms with Crippen molar-refractivity contribution >= 4 is 11.0 Å². The number of fused-ring (bicyclic) bond motifs is 1. The highest BCUT2D eigenvalue weighted by atomic mass is 16.3. The number of imidazole rings is 1. The standard InChI is InChI=1S/C57H59N3O/c1-35-26-27-48(45(28-35)38-20-15-13-16-21-38)60-49-25-19-24-44(52(49)59-54(60)46-32-43(56(7,8)9)33-47(53(46)61)57(10,11)12)40-29-41(31-42(30-40)55(4,5)6)51-37(3)50(36(2)34-58-51)39-22-17-14-18-23-39/h13-34,61H,1-12H3/i4D3,5D3,6D3. The van der Waals surface area contributed by atoms with E-state index in [4.69, 9.17) is 22.3 Å². The van der Waals surface area contributed by atoms with Crippen LogP contribution in [-0.4, -0.2) is 19.6 Å². The Morgan fingerprint density at radius 2 is 1.23 bits per heavy atom. The monoisotopic (exact) mass is 811 g/mol. The third-order valence-corrected chi connectivity index (χ3v) is 11.7. The van der Waals surface area contributed by atoms with Crippen LogP contribution in [0.5, 0.6) is 5.75 Å². The van der Waals surface area contributed by atoms with Crippen LogP contribution in [0.1, 0.15) is 108 Å². The molecular formula is C57H59N3O. The number of pyridine rings is 1. The maximum atomic E-state index is 12.5. The first kappa shape index (κ1) is 31.6. The highest BCUT2D eigenvalue weighted by Gasteiger charge is 2.30. The van der Waals surface area contributed by atoms with Gasteiger partial charge in [0.1, 0.15) is 11.6 Å². The molecule has 8 aromatic rings. The molecule has 4 heteroatoms. The number of aromatic hydroxyl groups is 1. The van der Waals surface area contributed by atoms with Gasteiger partial charge in [-0.15, -0.1) is 0 Å². The number of nitrogens with zero attached hydrogens (tertiary/aromatic N) is 3. The number of phenolic OH excluding ortho intramolecular Hbond substituents is 1. The van der Waals surface area contributed by atoms with E-state index in [0.29, 0.717) is 44.8 Å². The van der Waals surface area contributed by atoms with E-state index < -0.39 is 36.9 Å². The second-order valence-corrected chi connectivity index (χ2v) is 18.5. The van der Waals surface area contributed by atoms with Crippen molar-refractivity contribution in [1.82, 2.24) is 14.5 Å². The van der Waals surface area contributed by atoms with Crippen molar-refractivity contribution in [2.45, 2.75) is 99.1 Å². The predicted molar refractivity (Wildman–Crippen MR) is 258 cm³/mol. The molecule has 0 amide bonds. The topological polar surface area (TPSA) is 50.9 Å². The first-order chi connectivity index (χ1) is 32.6. The van der Waals surface area contributed by atoms with Gasteiger partial charge in [-0.3, -0.25) is 9.55 Å². The molecule has 4 nitrogen and oxygen atoms in total. The van der Waals surface area contributed by atoms with Gasteiger partial charge < -0.3 is 5.11 Å². The molecule has 0 saturated carbocycles. The Morgan fingerprint density at radius 3 is 1.89 bits per heavy atom. The number of hydrogen-bond donors (Lipinski definition) is 1. The van der Waals surface area contributed by atoms with Crippen LogP contribution in [0.2, 0.25) is 0 Å². The van der Waals surface area contributed by atoms with Crippen LogP contribution in [0.25, 0.3) is 72.7 Å². The lowest BCUT2D eigenvalue weighted by atomic mass is 9.79. The van der Waals surface area contributed by atoms with Gasteiger partial charge in [0.2, 0.25) is 0 Å². The van der Waals surface area contributed by atoms with Gasteiger partial charge >= 0.3 is 0 Å². The zero-order chi connectivity index (χ0) is 51.1. The maximum Gasteiger partial charge on any atom is 0.149 e. The summed E-state index contributed by atoms with van der Waals surface area (Å²) in [5.41, 5.74) is 7.40. The van der Waals surface area contributed by atoms with Crippen LogP contribution in [0.15, 0.2) is 134 Å². The summed E-state index contributed by atoms with van der Waals surface area (Å²) in [6.07, 6.45) is 1.71. The predicted octanol–water partition coefficient (Wildman–Crippen LogP) is 15.3. The summed E-state index contributed by atoms with van der Waals surface area (Å²) in [6, 6.07) is 40.2. The van der Waals surface area contributed by atoms with Crippen LogP contribution in [0, 0.1) is 20.8 Å². The van der Waals surface area contributed by atoms with Gasteiger partial charge in [0.05, 0.1) is 28.0 Å². The second kappa shape index (κ2) is 15.3. The number of benzene rings is 6. The Bertz CT molecular complexity index is 3240. The second-order valence-electron chi connectivity index (χ2n) is 18.5. The van der Waals surface area contributed by atoms with Crippen LogP contribution < -0.4 is 0 Å². The fourth-order valence-electron chi connectivity index (χ4n) is 8.47. The van der Waals surface area contributed by atoms with Crippen molar-refractivity contribution in [2.24, 2.45) is 0 Å². The fraction of sp³-hybridized carbons (Fsp3) is 0.263. The molecule has 0 aliphatic rings. The van der Waals surface area contributed by atoms with Crippen LogP contribution in [-0.2, 0) is 16.2 Å². The van der Waals surface area contributed by atoms with E-state index >= 15 is 0 Å². The average molecular weight is 811 g/mol. The smallest absolute Gasteiger partial charge is 0.149 e.